The highest BCUT2D eigenvalue weighted by Crippen LogP contribution is 2.31. The molecule has 0 radical (unpaired) electrons. The molecule has 0 spiro atoms. The van der Waals surface area contributed by atoms with E-state index >= 15 is 0 Å². The molecule has 6 nitrogen and oxygen atoms in total. The molecule has 1 saturated heterocycles. The van der Waals surface area contributed by atoms with Crippen LogP contribution < -0.4 is 10.6 Å². The summed E-state index contributed by atoms with van der Waals surface area (Å²) < 4.78 is 5.54. The third-order valence-electron chi connectivity index (χ3n) is 5.11. The average molecular weight is 362 g/mol. The van der Waals surface area contributed by atoms with Crippen LogP contribution in [-0.2, 0) is 4.74 Å². The van der Waals surface area contributed by atoms with Gasteiger partial charge in [0.15, 0.2) is 5.82 Å². The number of nitrogens with two attached hydrogens (primary N) is 1. The Bertz CT molecular complexity index is 1020. The van der Waals surface area contributed by atoms with Crippen LogP contribution in [0.5, 0.6) is 0 Å². The summed E-state index contributed by atoms with van der Waals surface area (Å²) in [5.74, 6) is 0.462. The zero-order chi connectivity index (χ0) is 19.0. The minimum Gasteiger partial charge on any atom is -0.377 e. The molecule has 2 heterocycles. The van der Waals surface area contributed by atoms with Crippen LogP contribution in [0.25, 0.3) is 21.9 Å². The Balaban J connectivity index is 1.80. The van der Waals surface area contributed by atoms with Crippen LogP contribution in [0.3, 0.4) is 0 Å². The van der Waals surface area contributed by atoms with Crippen LogP contribution in [-0.4, -0.2) is 41.9 Å². The topological polar surface area (TPSA) is 81.3 Å². The van der Waals surface area contributed by atoms with E-state index < -0.39 is 5.91 Å². The van der Waals surface area contributed by atoms with Crippen molar-refractivity contribution in [2.75, 3.05) is 24.7 Å². The first kappa shape index (κ1) is 17.4. The molecule has 0 saturated carbocycles. The van der Waals surface area contributed by atoms with Gasteiger partial charge in [-0.15, -0.1) is 5.10 Å². The van der Waals surface area contributed by atoms with Crippen LogP contribution in [0, 0.1) is 6.92 Å². The van der Waals surface area contributed by atoms with Gasteiger partial charge in [0, 0.05) is 22.9 Å². The third kappa shape index (κ3) is 3.24. The molecule has 2 N–H and O–H groups in total. The van der Waals surface area contributed by atoms with Gasteiger partial charge in [0.25, 0.3) is 0 Å². The Labute approximate surface area is 158 Å². The van der Waals surface area contributed by atoms with Crippen molar-refractivity contribution in [1.29, 1.82) is 0 Å². The van der Waals surface area contributed by atoms with E-state index in [2.05, 4.69) is 40.2 Å². The lowest BCUT2D eigenvalue weighted by molar-refractivity contribution is 0.0986. The molecule has 1 atom stereocenters. The van der Waals surface area contributed by atoms with Crippen molar-refractivity contribution < 1.29 is 9.53 Å². The number of benzene rings is 2. The maximum absolute atomic E-state index is 11.5. The van der Waals surface area contributed by atoms with Crippen molar-refractivity contribution in [1.82, 2.24) is 10.2 Å². The van der Waals surface area contributed by atoms with Gasteiger partial charge >= 0.3 is 0 Å². The first-order valence-electron chi connectivity index (χ1n) is 9.05. The summed E-state index contributed by atoms with van der Waals surface area (Å²) >= 11 is 0. The molecule has 138 valence electrons. The molecule has 1 fully saturated rings. The number of carbonyl (C=O) groups is 1. The van der Waals surface area contributed by atoms with E-state index in [4.69, 9.17) is 10.5 Å². The summed E-state index contributed by atoms with van der Waals surface area (Å²) in [7, 11) is 0. The second-order valence-corrected chi connectivity index (χ2v) is 6.98. The van der Waals surface area contributed by atoms with E-state index in [0.717, 1.165) is 39.8 Å². The number of amides is 1. The van der Waals surface area contributed by atoms with Crippen molar-refractivity contribution >= 4 is 22.5 Å². The highest BCUT2D eigenvalue weighted by atomic mass is 16.5. The minimum absolute atomic E-state index is 0.257. The molecule has 0 aliphatic carbocycles. The van der Waals surface area contributed by atoms with E-state index in [9.17, 15) is 4.79 Å². The quantitative estimate of drug-likeness (QED) is 0.775. The summed E-state index contributed by atoms with van der Waals surface area (Å²) in [4.78, 5) is 13.8. The summed E-state index contributed by atoms with van der Waals surface area (Å²) in [6.45, 7) is 6.34. The lowest BCUT2D eigenvalue weighted by atomic mass is 9.96. The zero-order valence-electron chi connectivity index (χ0n) is 15.5. The largest absolute Gasteiger partial charge is 0.377 e. The second-order valence-electron chi connectivity index (χ2n) is 6.98. The van der Waals surface area contributed by atoms with E-state index in [0.29, 0.717) is 18.8 Å². The molecule has 6 heteroatoms. The molecule has 1 aliphatic rings. The molecular formula is C21H22N4O2. The number of rotatable bonds is 3. The van der Waals surface area contributed by atoms with Crippen LogP contribution in [0.2, 0.25) is 0 Å². The summed E-state index contributed by atoms with van der Waals surface area (Å²) in [6.07, 6.45) is 1.78. The molecule has 0 unspecified atom stereocenters. The van der Waals surface area contributed by atoms with Gasteiger partial charge in [-0.1, -0.05) is 12.1 Å². The fourth-order valence-electron chi connectivity index (χ4n) is 3.58. The molecule has 0 bridgehead atoms. The monoisotopic (exact) mass is 362 g/mol. The second kappa shape index (κ2) is 6.96. The number of hydrogen-bond donors (Lipinski definition) is 1. The van der Waals surface area contributed by atoms with E-state index in [1.165, 1.54) is 0 Å². The molecular weight excluding hydrogens is 340 g/mol. The van der Waals surface area contributed by atoms with Gasteiger partial charge < -0.3 is 15.4 Å². The maximum atomic E-state index is 11.5. The average Bonchev–Trinajstić information content (AvgIpc) is 2.68. The normalized spacial score (nSPS) is 17.3. The fraction of sp³-hybridized carbons (Fsp3) is 0.286. The van der Waals surface area contributed by atoms with Crippen LogP contribution in [0.15, 0.2) is 42.6 Å². The van der Waals surface area contributed by atoms with Crippen LogP contribution in [0.1, 0.15) is 22.8 Å². The third-order valence-corrected chi connectivity index (χ3v) is 5.11. The number of anilines is 1. The van der Waals surface area contributed by atoms with Gasteiger partial charge in [-0.05, 0) is 54.8 Å². The van der Waals surface area contributed by atoms with Crippen molar-refractivity contribution in [3.8, 4) is 11.1 Å². The number of primary amides is 1. The minimum atomic E-state index is -0.425. The molecule has 4 rings (SSSR count). The standard InChI is InChI=1S/C21H22N4O2/c1-13-3-4-16(20(22)26)10-19(13)15-5-6-18-17(9-15)11-23-24-21(18)25-7-8-27-12-14(25)2/h3-6,9-11,14H,7-8,12H2,1-2H3,(H2,22,26)/t14-/m1/s1. The summed E-state index contributed by atoms with van der Waals surface area (Å²) in [5, 5.41) is 10.7. The van der Waals surface area contributed by atoms with Gasteiger partial charge in [0.1, 0.15) is 0 Å². The first-order chi connectivity index (χ1) is 13.0. The number of morpholine rings is 1. The van der Waals surface area contributed by atoms with Crippen LogP contribution in [0.4, 0.5) is 5.82 Å². The highest BCUT2D eigenvalue weighted by molar-refractivity contribution is 5.97. The molecule has 1 aromatic heterocycles. The van der Waals surface area contributed by atoms with Gasteiger partial charge in [0.2, 0.25) is 5.91 Å². The maximum Gasteiger partial charge on any atom is 0.248 e. The predicted molar refractivity (Wildman–Crippen MR) is 106 cm³/mol. The number of ether oxygens (including phenoxy) is 1. The molecule has 1 aliphatic heterocycles. The zero-order valence-corrected chi connectivity index (χ0v) is 15.5. The first-order valence-corrected chi connectivity index (χ1v) is 9.05. The van der Waals surface area contributed by atoms with E-state index in [1.807, 2.05) is 19.1 Å². The van der Waals surface area contributed by atoms with Gasteiger partial charge in [-0.25, -0.2) is 0 Å². The van der Waals surface area contributed by atoms with E-state index in [1.54, 1.807) is 12.3 Å². The Hall–Kier alpha value is -2.99. The van der Waals surface area contributed by atoms with Crippen molar-refractivity contribution in [3.63, 3.8) is 0 Å². The summed E-state index contributed by atoms with van der Waals surface area (Å²) in [5.41, 5.74) is 9.05. The number of aryl methyl sites for hydroxylation is 1. The fourth-order valence-corrected chi connectivity index (χ4v) is 3.58. The molecule has 27 heavy (non-hydrogen) atoms. The molecule has 1 amide bonds. The Kier molecular flexibility index (Phi) is 4.49. The molecule has 2 aromatic carbocycles. The number of nitrogens with zero attached hydrogens (tertiary/aromatic N) is 3. The number of hydrogen-bond acceptors (Lipinski definition) is 5. The van der Waals surface area contributed by atoms with Gasteiger partial charge in [0.05, 0.1) is 25.5 Å². The number of fused-ring (bicyclic) bond motifs is 1. The number of aromatic nitrogens is 2. The lowest BCUT2D eigenvalue weighted by Crippen LogP contribution is -2.44. The lowest BCUT2D eigenvalue weighted by Gasteiger charge is -2.34. The Morgan fingerprint density at radius 1 is 1.26 bits per heavy atom. The highest BCUT2D eigenvalue weighted by Gasteiger charge is 2.22. The Morgan fingerprint density at radius 2 is 2.11 bits per heavy atom. The van der Waals surface area contributed by atoms with Crippen molar-refractivity contribution in [3.05, 3.63) is 53.7 Å². The van der Waals surface area contributed by atoms with Crippen molar-refractivity contribution in [2.45, 2.75) is 19.9 Å². The van der Waals surface area contributed by atoms with Gasteiger partial charge in [-0.3, -0.25) is 4.79 Å². The SMILES string of the molecule is Cc1ccc(C(N)=O)cc1-c1ccc2c(N3CCOC[C@H]3C)nncc2c1. The van der Waals surface area contributed by atoms with E-state index in [-0.39, 0.29) is 6.04 Å². The number of carbonyl (C=O) groups excluding carboxylic acids is 1. The smallest absolute Gasteiger partial charge is 0.248 e. The molecule has 3 aromatic rings. The summed E-state index contributed by atoms with van der Waals surface area (Å²) in [6, 6.07) is 12.0. The van der Waals surface area contributed by atoms with Crippen molar-refractivity contribution in [2.24, 2.45) is 5.73 Å². The Morgan fingerprint density at radius 3 is 2.89 bits per heavy atom. The van der Waals surface area contributed by atoms with Crippen LogP contribution >= 0.6 is 0 Å². The predicted octanol–water partition coefficient (Wildman–Crippen LogP) is 2.93. The van der Waals surface area contributed by atoms with Gasteiger partial charge in [-0.2, -0.15) is 5.10 Å².